The molecule has 3 rings (SSSR count). The van der Waals surface area contributed by atoms with Gasteiger partial charge in [0.05, 0.1) is 0 Å². The number of fused-ring (bicyclic) bond motifs is 2. The average Bonchev–Trinajstić information content (AvgIpc) is 2.73. The highest BCUT2D eigenvalue weighted by Crippen LogP contribution is 2.65. The predicted octanol–water partition coefficient (Wildman–Crippen LogP) is 5.52. The summed E-state index contributed by atoms with van der Waals surface area (Å²) in [7, 11) is 0. The van der Waals surface area contributed by atoms with Gasteiger partial charge >= 0.3 is 0 Å². The van der Waals surface area contributed by atoms with Crippen LogP contribution in [0.25, 0.3) is 0 Å². The lowest BCUT2D eigenvalue weighted by Gasteiger charge is -2.39. The fourth-order valence-electron chi connectivity index (χ4n) is 4.40. The molecule has 0 spiro atoms. The fraction of sp³-hybridized carbons (Fsp3) is 0.647. The molecule has 1 aromatic rings. The molecular weight excluding hydrogens is 378 g/mol. The second kappa shape index (κ2) is 5.10. The number of rotatable bonds is 3. The van der Waals surface area contributed by atoms with Crippen molar-refractivity contribution in [3.05, 3.63) is 32.7 Å². The van der Waals surface area contributed by atoms with Crippen molar-refractivity contribution >= 4 is 31.9 Å². The van der Waals surface area contributed by atoms with Gasteiger partial charge in [0.2, 0.25) is 0 Å². The zero-order chi connectivity index (χ0) is 14.5. The highest BCUT2D eigenvalue weighted by Gasteiger charge is 2.60. The Balaban J connectivity index is 1.69. The van der Waals surface area contributed by atoms with Crippen molar-refractivity contribution in [3.63, 3.8) is 0 Å². The summed E-state index contributed by atoms with van der Waals surface area (Å²) in [5.41, 5.74) is 2.30. The molecule has 1 N–H and O–H groups in total. The van der Waals surface area contributed by atoms with E-state index >= 15 is 0 Å². The van der Waals surface area contributed by atoms with E-state index in [2.05, 4.69) is 76.1 Å². The lowest BCUT2D eigenvalue weighted by Crippen LogP contribution is -2.44. The van der Waals surface area contributed by atoms with E-state index < -0.39 is 0 Å². The molecule has 0 heterocycles. The highest BCUT2D eigenvalue weighted by atomic mass is 79.9. The molecule has 3 unspecified atom stereocenters. The quantitative estimate of drug-likeness (QED) is 0.704. The SMILES string of the molecule is CC1(C)C2CCC1(C)C(NCc1ccc(Br)c(Br)c1)C2. The Hall–Kier alpha value is 0.140. The van der Waals surface area contributed by atoms with Gasteiger partial charge < -0.3 is 5.32 Å². The van der Waals surface area contributed by atoms with Crippen LogP contribution in [-0.4, -0.2) is 6.04 Å². The standard InChI is InChI=1S/C17H23Br2N/c1-16(2)12-6-7-17(16,3)15(9-12)20-10-11-4-5-13(18)14(19)8-11/h4-5,8,12,15,20H,6-7,9-10H2,1-3H3. The van der Waals surface area contributed by atoms with Gasteiger partial charge in [-0.15, -0.1) is 0 Å². The third-order valence-corrected chi connectivity index (χ3v) is 8.21. The summed E-state index contributed by atoms with van der Waals surface area (Å²) < 4.78 is 2.26. The van der Waals surface area contributed by atoms with Crippen molar-refractivity contribution in [2.24, 2.45) is 16.7 Å². The summed E-state index contributed by atoms with van der Waals surface area (Å²) in [5, 5.41) is 3.84. The molecule has 1 nitrogen and oxygen atoms in total. The molecule has 2 aliphatic carbocycles. The maximum absolute atomic E-state index is 3.84. The molecule has 2 saturated carbocycles. The lowest BCUT2D eigenvalue weighted by atomic mass is 9.69. The molecule has 3 heteroatoms. The zero-order valence-corrected chi connectivity index (χ0v) is 15.6. The Morgan fingerprint density at radius 3 is 2.50 bits per heavy atom. The predicted molar refractivity (Wildman–Crippen MR) is 91.7 cm³/mol. The largest absolute Gasteiger partial charge is 0.309 e. The van der Waals surface area contributed by atoms with Crippen LogP contribution < -0.4 is 5.32 Å². The first kappa shape index (κ1) is 15.1. The minimum atomic E-state index is 0.463. The van der Waals surface area contributed by atoms with Crippen LogP contribution in [0.2, 0.25) is 0 Å². The van der Waals surface area contributed by atoms with Crippen LogP contribution in [0.3, 0.4) is 0 Å². The Labute approximate surface area is 139 Å². The van der Waals surface area contributed by atoms with Crippen molar-refractivity contribution in [3.8, 4) is 0 Å². The van der Waals surface area contributed by atoms with Crippen LogP contribution in [0.4, 0.5) is 0 Å². The normalized spacial score (nSPS) is 34.6. The molecule has 2 aliphatic rings. The second-order valence-electron chi connectivity index (χ2n) is 7.29. The minimum absolute atomic E-state index is 0.463. The molecule has 2 bridgehead atoms. The number of hydrogen-bond acceptors (Lipinski definition) is 1. The van der Waals surface area contributed by atoms with Crippen molar-refractivity contribution in [1.29, 1.82) is 0 Å². The van der Waals surface area contributed by atoms with E-state index in [0.717, 1.165) is 21.4 Å². The van der Waals surface area contributed by atoms with Gasteiger partial charge in [-0.25, -0.2) is 0 Å². The van der Waals surface area contributed by atoms with E-state index in [0.29, 0.717) is 16.9 Å². The third-order valence-electron chi connectivity index (χ3n) is 6.33. The number of nitrogens with one attached hydrogen (secondary N) is 1. The molecule has 1 aromatic carbocycles. The summed E-state index contributed by atoms with van der Waals surface area (Å²) in [6.45, 7) is 8.41. The number of benzene rings is 1. The zero-order valence-electron chi connectivity index (χ0n) is 12.5. The molecule has 0 aliphatic heterocycles. The van der Waals surface area contributed by atoms with Crippen LogP contribution in [0, 0.1) is 16.7 Å². The summed E-state index contributed by atoms with van der Waals surface area (Å²) in [6, 6.07) is 7.19. The van der Waals surface area contributed by atoms with E-state index in [1.54, 1.807) is 0 Å². The van der Waals surface area contributed by atoms with E-state index in [4.69, 9.17) is 0 Å². The molecule has 20 heavy (non-hydrogen) atoms. The van der Waals surface area contributed by atoms with Crippen molar-refractivity contribution < 1.29 is 0 Å². The molecule has 0 amide bonds. The molecule has 0 saturated heterocycles. The highest BCUT2D eigenvalue weighted by molar-refractivity contribution is 9.13. The van der Waals surface area contributed by atoms with Gasteiger partial charge in [-0.05, 0) is 85.6 Å². The Kier molecular flexibility index (Phi) is 3.84. The topological polar surface area (TPSA) is 12.0 Å². The summed E-state index contributed by atoms with van der Waals surface area (Å²) in [5.74, 6) is 0.904. The first-order valence-electron chi connectivity index (χ1n) is 7.52. The third kappa shape index (κ3) is 2.21. The first-order valence-corrected chi connectivity index (χ1v) is 9.10. The Morgan fingerprint density at radius 2 is 1.95 bits per heavy atom. The molecular formula is C17H23Br2N. The van der Waals surface area contributed by atoms with Crippen molar-refractivity contribution in [1.82, 2.24) is 5.32 Å². The molecule has 3 atom stereocenters. The van der Waals surface area contributed by atoms with E-state index in [1.807, 2.05) is 0 Å². The van der Waals surface area contributed by atoms with Crippen LogP contribution in [0.1, 0.15) is 45.6 Å². The van der Waals surface area contributed by atoms with Gasteiger partial charge in [0, 0.05) is 21.5 Å². The monoisotopic (exact) mass is 399 g/mol. The maximum Gasteiger partial charge on any atom is 0.0320 e. The summed E-state index contributed by atoms with van der Waals surface area (Å²) in [4.78, 5) is 0. The summed E-state index contributed by atoms with van der Waals surface area (Å²) in [6.07, 6.45) is 4.15. The maximum atomic E-state index is 3.84. The van der Waals surface area contributed by atoms with Crippen LogP contribution in [0.5, 0.6) is 0 Å². The van der Waals surface area contributed by atoms with Gasteiger partial charge in [-0.1, -0.05) is 26.8 Å². The first-order chi connectivity index (χ1) is 9.34. The van der Waals surface area contributed by atoms with Crippen LogP contribution in [-0.2, 0) is 6.54 Å². The van der Waals surface area contributed by atoms with Gasteiger partial charge in [0.15, 0.2) is 0 Å². The molecule has 0 radical (unpaired) electrons. The van der Waals surface area contributed by atoms with Crippen molar-refractivity contribution in [2.75, 3.05) is 0 Å². The minimum Gasteiger partial charge on any atom is -0.309 e. The Bertz CT molecular complexity index is 526. The van der Waals surface area contributed by atoms with Gasteiger partial charge in [0.25, 0.3) is 0 Å². The second-order valence-corrected chi connectivity index (χ2v) is 9.00. The fourth-order valence-corrected chi connectivity index (χ4v) is 5.08. The van der Waals surface area contributed by atoms with E-state index in [-0.39, 0.29) is 0 Å². The molecule has 0 aromatic heterocycles. The molecule has 2 fully saturated rings. The van der Waals surface area contributed by atoms with E-state index in [9.17, 15) is 0 Å². The van der Waals surface area contributed by atoms with Crippen LogP contribution in [0.15, 0.2) is 27.1 Å². The van der Waals surface area contributed by atoms with Gasteiger partial charge in [-0.3, -0.25) is 0 Å². The number of hydrogen-bond donors (Lipinski definition) is 1. The van der Waals surface area contributed by atoms with Gasteiger partial charge in [-0.2, -0.15) is 0 Å². The smallest absolute Gasteiger partial charge is 0.0320 e. The lowest BCUT2D eigenvalue weighted by molar-refractivity contribution is 0.120. The average molecular weight is 401 g/mol. The van der Waals surface area contributed by atoms with Gasteiger partial charge in [0.1, 0.15) is 0 Å². The molecule has 110 valence electrons. The summed E-state index contributed by atoms with van der Waals surface area (Å²) >= 11 is 7.12. The Morgan fingerprint density at radius 1 is 1.20 bits per heavy atom. The number of halogens is 2. The van der Waals surface area contributed by atoms with E-state index in [1.165, 1.54) is 24.8 Å². The van der Waals surface area contributed by atoms with Crippen LogP contribution >= 0.6 is 31.9 Å². The van der Waals surface area contributed by atoms with Crippen molar-refractivity contribution in [2.45, 2.75) is 52.6 Å².